The van der Waals surface area contributed by atoms with E-state index >= 15 is 0 Å². The van der Waals surface area contributed by atoms with Gasteiger partial charge in [0.2, 0.25) is 0 Å². The molecule has 2 aromatic rings. The predicted molar refractivity (Wildman–Crippen MR) is 78.0 cm³/mol. The summed E-state index contributed by atoms with van der Waals surface area (Å²) < 4.78 is 4.79. The van der Waals surface area contributed by atoms with Crippen molar-refractivity contribution in [1.82, 2.24) is 4.90 Å². The first-order valence-corrected chi connectivity index (χ1v) is 6.13. The first-order valence-electron chi connectivity index (χ1n) is 6.13. The zero-order valence-electron chi connectivity index (χ0n) is 11.6. The van der Waals surface area contributed by atoms with Gasteiger partial charge in [-0.05, 0) is 17.5 Å². The van der Waals surface area contributed by atoms with Crippen LogP contribution in [-0.4, -0.2) is 38.1 Å². The molecule has 0 unspecified atom stereocenters. The second-order valence-electron chi connectivity index (χ2n) is 4.53. The number of ether oxygens (including phenoxy) is 1. The van der Waals surface area contributed by atoms with Gasteiger partial charge in [0.15, 0.2) is 0 Å². The maximum Gasteiger partial charge on any atom is 0.338 e. The maximum atomic E-state index is 11.9. The molecule has 0 spiro atoms. The molecule has 5 nitrogen and oxygen atoms in total. The van der Waals surface area contributed by atoms with Gasteiger partial charge in [-0.15, -0.1) is 0 Å². The first kappa shape index (κ1) is 13.9. The van der Waals surface area contributed by atoms with Crippen LogP contribution in [0.3, 0.4) is 0 Å². The van der Waals surface area contributed by atoms with Crippen molar-refractivity contribution in [3.8, 4) is 0 Å². The number of anilines is 1. The second kappa shape index (κ2) is 5.61. The van der Waals surface area contributed by atoms with Gasteiger partial charge < -0.3 is 15.0 Å². The Morgan fingerprint density at radius 1 is 1.10 bits per heavy atom. The van der Waals surface area contributed by atoms with Crippen LogP contribution in [0, 0.1) is 0 Å². The van der Waals surface area contributed by atoms with Gasteiger partial charge in [-0.2, -0.15) is 0 Å². The molecule has 20 heavy (non-hydrogen) atoms. The van der Waals surface area contributed by atoms with Crippen LogP contribution in [-0.2, 0) is 4.74 Å². The van der Waals surface area contributed by atoms with Gasteiger partial charge in [0.05, 0.1) is 18.4 Å². The quantitative estimate of drug-likeness (QED) is 0.855. The molecule has 2 rings (SSSR count). The van der Waals surface area contributed by atoms with E-state index < -0.39 is 5.97 Å². The molecule has 0 fully saturated rings. The van der Waals surface area contributed by atoms with Gasteiger partial charge >= 0.3 is 12.0 Å². The third kappa shape index (κ3) is 2.56. The minimum atomic E-state index is -0.429. The number of methoxy groups -OCH3 is 1. The predicted octanol–water partition coefficient (Wildman–Crippen LogP) is 2.72. The molecule has 2 aromatic carbocycles. The topological polar surface area (TPSA) is 58.6 Å². The number of carbonyl (C=O) groups is 2. The standard InChI is InChI=1S/C15H16N2O3/c1-17(2)15(19)16-12-9-5-7-10-6-4-8-11(13(10)12)14(18)20-3/h4-9H,1-3H3,(H,16,19). The molecule has 2 amide bonds. The van der Waals surface area contributed by atoms with Crippen LogP contribution in [0.15, 0.2) is 36.4 Å². The molecule has 0 saturated heterocycles. The molecule has 104 valence electrons. The molecule has 0 radical (unpaired) electrons. The van der Waals surface area contributed by atoms with Crippen molar-refractivity contribution < 1.29 is 14.3 Å². The van der Waals surface area contributed by atoms with Crippen molar-refractivity contribution in [2.24, 2.45) is 0 Å². The van der Waals surface area contributed by atoms with E-state index in [9.17, 15) is 9.59 Å². The summed E-state index contributed by atoms with van der Waals surface area (Å²) in [4.78, 5) is 25.1. The number of fused-ring (bicyclic) bond motifs is 1. The summed E-state index contributed by atoms with van der Waals surface area (Å²) in [5.74, 6) is -0.429. The van der Waals surface area contributed by atoms with Gasteiger partial charge in [-0.25, -0.2) is 9.59 Å². The Morgan fingerprint density at radius 2 is 1.75 bits per heavy atom. The van der Waals surface area contributed by atoms with Crippen molar-refractivity contribution in [3.05, 3.63) is 42.0 Å². The largest absolute Gasteiger partial charge is 0.465 e. The van der Waals surface area contributed by atoms with E-state index in [2.05, 4.69) is 5.32 Å². The van der Waals surface area contributed by atoms with Crippen LogP contribution in [0.2, 0.25) is 0 Å². The van der Waals surface area contributed by atoms with Gasteiger partial charge in [0.1, 0.15) is 0 Å². The Balaban J connectivity index is 2.60. The number of hydrogen-bond donors (Lipinski definition) is 1. The Labute approximate surface area is 117 Å². The third-order valence-electron chi connectivity index (χ3n) is 2.96. The van der Waals surface area contributed by atoms with Gasteiger partial charge in [-0.1, -0.05) is 24.3 Å². The SMILES string of the molecule is COC(=O)c1cccc2cccc(NC(=O)N(C)C)c12. The third-order valence-corrected chi connectivity index (χ3v) is 2.96. The summed E-state index contributed by atoms with van der Waals surface area (Å²) in [5.41, 5.74) is 1.02. The zero-order chi connectivity index (χ0) is 14.7. The van der Waals surface area contributed by atoms with E-state index in [1.54, 1.807) is 32.3 Å². The van der Waals surface area contributed by atoms with Crippen molar-refractivity contribution >= 4 is 28.5 Å². The molecule has 1 N–H and O–H groups in total. The van der Waals surface area contributed by atoms with Crippen molar-refractivity contribution in [2.45, 2.75) is 0 Å². The Kier molecular flexibility index (Phi) is 3.89. The van der Waals surface area contributed by atoms with Crippen LogP contribution in [0.1, 0.15) is 10.4 Å². The lowest BCUT2D eigenvalue weighted by molar-refractivity contribution is 0.0603. The molecule has 0 bridgehead atoms. The number of rotatable bonds is 2. The van der Waals surface area contributed by atoms with Crippen LogP contribution in [0.25, 0.3) is 10.8 Å². The first-order chi connectivity index (χ1) is 9.54. The van der Waals surface area contributed by atoms with Crippen molar-refractivity contribution in [2.75, 3.05) is 26.5 Å². The van der Waals surface area contributed by atoms with Crippen LogP contribution in [0.4, 0.5) is 10.5 Å². The molecule has 0 aliphatic heterocycles. The molecule has 0 aromatic heterocycles. The second-order valence-corrected chi connectivity index (χ2v) is 4.53. The number of carbonyl (C=O) groups excluding carboxylic acids is 2. The molecule has 0 atom stereocenters. The molecule has 0 heterocycles. The minimum absolute atomic E-state index is 0.253. The molecule has 0 aliphatic rings. The summed E-state index contributed by atoms with van der Waals surface area (Å²) >= 11 is 0. The van der Waals surface area contributed by atoms with E-state index in [4.69, 9.17) is 4.74 Å². The lowest BCUT2D eigenvalue weighted by Crippen LogP contribution is -2.27. The van der Waals surface area contributed by atoms with Crippen LogP contribution < -0.4 is 5.32 Å². The van der Waals surface area contributed by atoms with E-state index in [0.29, 0.717) is 16.6 Å². The summed E-state index contributed by atoms with van der Waals surface area (Å²) in [7, 11) is 4.64. The monoisotopic (exact) mass is 272 g/mol. The van der Waals surface area contributed by atoms with Crippen molar-refractivity contribution in [3.63, 3.8) is 0 Å². The van der Waals surface area contributed by atoms with Crippen LogP contribution in [0.5, 0.6) is 0 Å². The highest BCUT2D eigenvalue weighted by Gasteiger charge is 2.15. The minimum Gasteiger partial charge on any atom is -0.465 e. The average Bonchev–Trinajstić information content (AvgIpc) is 2.45. The molecule has 5 heteroatoms. The number of nitrogens with one attached hydrogen (secondary N) is 1. The lowest BCUT2D eigenvalue weighted by atomic mass is 10.0. The smallest absolute Gasteiger partial charge is 0.338 e. The van der Waals surface area contributed by atoms with E-state index in [1.807, 2.05) is 18.2 Å². The normalized spacial score (nSPS) is 10.2. The Morgan fingerprint density at radius 3 is 2.35 bits per heavy atom. The Hall–Kier alpha value is -2.56. The fraction of sp³-hybridized carbons (Fsp3) is 0.200. The summed E-state index contributed by atoms with van der Waals surface area (Å²) in [6.07, 6.45) is 0. The highest BCUT2D eigenvalue weighted by Crippen LogP contribution is 2.27. The maximum absolute atomic E-state index is 11.9. The van der Waals surface area contributed by atoms with E-state index in [0.717, 1.165) is 5.39 Å². The summed E-state index contributed by atoms with van der Waals surface area (Å²) in [6, 6.07) is 10.6. The molecular formula is C15H16N2O3. The highest BCUT2D eigenvalue weighted by molar-refractivity contribution is 6.12. The van der Waals surface area contributed by atoms with Gasteiger partial charge in [0, 0.05) is 19.5 Å². The summed E-state index contributed by atoms with van der Waals surface area (Å²) in [6.45, 7) is 0. The summed E-state index contributed by atoms with van der Waals surface area (Å²) in [5, 5.41) is 4.33. The number of esters is 1. The molecule has 0 saturated carbocycles. The van der Waals surface area contributed by atoms with E-state index in [1.165, 1.54) is 12.0 Å². The number of benzene rings is 2. The average molecular weight is 272 g/mol. The van der Waals surface area contributed by atoms with E-state index in [-0.39, 0.29) is 6.03 Å². The van der Waals surface area contributed by atoms with Gasteiger partial charge in [0.25, 0.3) is 0 Å². The highest BCUT2D eigenvalue weighted by atomic mass is 16.5. The van der Waals surface area contributed by atoms with Gasteiger partial charge in [-0.3, -0.25) is 0 Å². The Bertz CT molecular complexity index is 660. The van der Waals surface area contributed by atoms with Crippen molar-refractivity contribution in [1.29, 1.82) is 0 Å². The number of nitrogens with zero attached hydrogens (tertiary/aromatic N) is 1. The number of amides is 2. The zero-order valence-corrected chi connectivity index (χ0v) is 11.6. The molecule has 0 aliphatic carbocycles. The fourth-order valence-electron chi connectivity index (χ4n) is 1.95. The lowest BCUT2D eigenvalue weighted by Gasteiger charge is -2.15. The fourth-order valence-corrected chi connectivity index (χ4v) is 1.95. The molecular weight excluding hydrogens is 256 g/mol. The number of hydrogen-bond acceptors (Lipinski definition) is 3. The van der Waals surface area contributed by atoms with Crippen LogP contribution >= 0.6 is 0 Å². The number of urea groups is 1.